The zero-order valence-electron chi connectivity index (χ0n) is 18.8. The van der Waals surface area contributed by atoms with E-state index in [4.69, 9.17) is 9.47 Å². The number of hydrogen-bond acceptors (Lipinski definition) is 7. The quantitative estimate of drug-likeness (QED) is 0.656. The number of rotatable bonds is 6. The number of carbonyl (C=O) groups excluding carboxylic acids is 1. The number of pyridine rings is 2. The largest absolute Gasteiger partial charge is 0.505 e. The molecular weight excluding hydrogens is 443 g/mol. The Morgan fingerprint density at radius 2 is 2.09 bits per heavy atom. The Balaban J connectivity index is 1.43. The minimum atomic E-state index is -0.978. The van der Waals surface area contributed by atoms with Gasteiger partial charge in [-0.2, -0.15) is 0 Å². The Morgan fingerprint density at radius 3 is 2.85 bits per heavy atom. The zero-order chi connectivity index (χ0) is 23.7. The first kappa shape index (κ1) is 22.5. The van der Waals surface area contributed by atoms with E-state index in [0.717, 1.165) is 24.2 Å². The third-order valence-corrected chi connectivity index (χ3v) is 6.40. The van der Waals surface area contributed by atoms with E-state index < -0.39 is 23.4 Å². The molecule has 0 saturated carbocycles. The van der Waals surface area contributed by atoms with Crippen LogP contribution in [0.3, 0.4) is 0 Å². The monoisotopic (exact) mass is 470 g/mol. The van der Waals surface area contributed by atoms with E-state index in [1.165, 1.54) is 10.6 Å². The number of carbonyl (C=O) groups is 1. The average Bonchev–Trinajstić information content (AvgIpc) is 2.85. The predicted octanol–water partition coefficient (Wildman–Crippen LogP) is 1.32. The van der Waals surface area contributed by atoms with Gasteiger partial charge < -0.3 is 19.9 Å². The number of nitrogens with one attached hydrogen (secondary N) is 1. The lowest BCUT2D eigenvalue weighted by molar-refractivity contribution is 0.0383. The van der Waals surface area contributed by atoms with Crippen LogP contribution in [0.15, 0.2) is 34.8 Å². The maximum Gasteiger partial charge on any atom is 0.268 e. The number of amides is 1. The molecule has 34 heavy (non-hydrogen) atoms. The molecule has 2 aromatic heterocycles. The van der Waals surface area contributed by atoms with Crippen molar-refractivity contribution in [2.45, 2.75) is 25.6 Å². The molecule has 1 atom stereocenters. The first-order valence-electron chi connectivity index (χ1n) is 11.5. The highest BCUT2D eigenvalue weighted by Crippen LogP contribution is 2.36. The number of hydrogen-bond donors (Lipinski definition) is 2. The molecule has 0 bridgehead atoms. The van der Waals surface area contributed by atoms with Crippen molar-refractivity contribution in [3.8, 4) is 11.5 Å². The summed E-state index contributed by atoms with van der Waals surface area (Å²) in [5.41, 5.74) is 1.29. The molecule has 1 saturated heterocycles. The molecule has 2 aromatic rings. The number of aromatic hydroxyl groups is 1. The lowest BCUT2D eigenvalue weighted by Crippen LogP contribution is -2.42. The van der Waals surface area contributed by atoms with Crippen LogP contribution in [-0.2, 0) is 17.7 Å². The molecular formula is C24H27FN4O5. The summed E-state index contributed by atoms with van der Waals surface area (Å²) < 4.78 is 26.0. The van der Waals surface area contributed by atoms with Crippen molar-refractivity contribution in [3.05, 3.63) is 51.5 Å². The Morgan fingerprint density at radius 1 is 1.26 bits per heavy atom. The van der Waals surface area contributed by atoms with Crippen LogP contribution in [0.4, 0.5) is 4.39 Å². The smallest absolute Gasteiger partial charge is 0.268 e. The first-order chi connectivity index (χ1) is 16.5. The molecule has 10 heteroatoms. The molecule has 2 N–H and O–H groups in total. The second-order valence-corrected chi connectivity index (χ2v) is 8.62. The predicted molar refractivity (Wildman–Crippen MR) is 123 cm³/mol. The van der Waals surface area contributed by atoms with Gasteiger partial charge in [0.25, 0.3) is 11.5 Å². The SMILES string of the molecule is O=C(NCCN1CCOCC1)c1c(O)c2ncc(CC3=CCC(F)C=C3)c3c2n(c1=O)CCO3. The summed E-state index contributed by atoms with van der Waals surface area (Å²) in [7, 11) is 0. The molecule has 1 fully saturated rings. The number of alkyl halides is 1. The van der Waals surface area contributed by atoms with Crippen molar-refractivity contribution in [3.63, 3.8) is 0 Å². The van der Waals surface area contributed by atoms with Gasteiger partial charge in [0.15, 0.2) is 11.5 Å². The number of allylic oxidation sites excluding steroid dienone is 4. The lowest BCUT2D eigenvalue weighted by Gasteiger charge is -2.26. The molecule has 9 nitrogen and oxygen atoms in total. The minimum Gasteiger partial charge on any atom is -0.505 e. The summed E-state index contributed by atoms with van der Waals surface area (Å²) >= 11 is 0. The van der Waals surface area contributed by atoms with Crippen LogP contribution < -0.4 is 15.6 Å². The third kappa shape index (κ3) is 4.30. The van der Waals surface area contributed by atoms with Gasteiger partial charge in [-0.15, -0.1) is 0 Å². The minimum absolute atomic E-state index is 0.147. The van der Waals surface area contributed by atoms with E-state index in [9.17, 15) is 19.1 Å². The fraction of sp³-hybridized carbons (Fsp3) is 0.458. The van der Waals surface area contributed by atoms with Crippen molar-refractivity contribution in [2.75, 3.05) is 46.0 Å². The van der Waals surface area contributed by atoms with Gasteiger partial charge in [-0.1, -0.05) is 18.2 Å². The van der Waals surface area contributed by atoms with E-state index >= 15 is 0 Å². The van der Waals surface area contributed by atoms with Gasteiger partial charge in [0.1, 0.15) is 29.4 Å². The highest BCUT2D eigenvalue weighted by atomic mass is 19.1. The molecule has 180 valence electrons. The van der Waals surface area contributed by atoms with Gasteiger partial charge in [0.05, 0.1) is 19.8 Å². The zero-order valence-corrected chi connectivity index (χ0v) is 18.8. The normalized spacial score (nSPS) is 20.1. The molecule has 2 aliphatic heterocycles. The van der Waals surface area contributed by atoms with Gasteiger partial charge in [0, 0.05) is 50.8 Å². The van der Waals surface area contributed by atoms with Crippen LogP contribution in [0.5, 0.6) is 11.5 Å². The number of ether oxygens (including phenoxy) is 2. The maximum atomic E-state index is 13.4. The third-order valence-electron chi connectivity index (χ3n) is 6.40. The Bertz CT molecular complexity index is 1230. The van der Waals surface area contributed by atoms with Crippen molar-refractivity contribution in [1.82, 2.24) is 19.8 Å². The molecule has 4 heterocycles. The molecule has 0 aromatic carbocycles. The standard InChI is InChI=1S/C24H27FN4O5/c25-17-3-1-15(2-4-17)13-16-14-27-19-20-22(16)34-12-9-29(20)24(32)18(21(19)30)23(31)26-5-6-28-7-10-33-11-8-28/h1-3,14,17,30H,4-13H2,(H,26,31). The summed E-state index contributed by atoms with van der Waals surface area (Å²) in [5.74, 6) is -0.617. The van der Waals surface area contributed by atoms with Crippen LogP contribution in [0.1, 0.15) is 22.3 Å². The number of nitrogens with zero attached hydrogens (tertiary/aromatic N) is 3. The molecule has 3 aliphatic rings. The molecule has 0 spiro atoms. The van der Waals surface area contributed by atoms with Gasteiger partial charge >= 0.3 is 0 Å². The second-order valence-electron chi connectivity index (χ2n) is 8.62. The summed E-state index contributed by atoms with van der Waals surface area (Å²) in [6.07, 6.45) is 6.46. The van der Waals surface area contributed by atoms with Crippen LogP contribution >= 0.6 is 0 Å². The topological polar surface area (TPSA) is 106 Å². The van der Waals surface area contributed by atoms with Crippen molar-refractivity contribution in [1.29, 1.82) is 0 Å². The van der Waals surface area contributed by atoms with Gasteiger partial charge in [-0.25, -0.2) is 4.39 Å². The van der Waals surface area contributed by atoms with Crippen LogP contribution in [0.25, 0.3) is 11.0 Å². The summed E-state index contributed by atoms with van der Waals surface area (Å²) in [6, 6.07) is 0. The molecule has 1 unspecified atom stereocenters. The van der Waals surface area contributed by atoms with Crippen molar-refractivity contribution in [2.24, 2.45) is 0 Å². The van der Waals surface area contributed by atoms with Gasteiger partial charge in [-0.05, 0) is 5.57 Å². The molecule has 0 radical (unpaired) electrons. The Kier molecular flexibility index (Phi) is 6.34. The Labute approximate surface area is 195 Å². The van der Waals surface area contributed by atoms with Crippen LogP contribution in [-0.4, -0.2) is 77.6 Å². The van der Waals surface area contributed by atoms with E-state index in [-0.39, 0.29) is 24.2 Å². The van der Waals surface area contributed by atoms with E-state index in [1.54, 1.807) is 12.3 Å². The van der Waals surface area contributed by atoms with Gasteiger partial charge in [0.2, 0.25) is 0 Å². The fourth-order valence-electron chi connectivity index (χ4n) is 4.58. The van der Waals surface area contributed by atoms with E-state index in [2.05, 4.69) is 15.2 Å². The maximum absolute atomic E-state index is 13.4. The van der Waals surface area contributed by atoms with Gasteiger partial charge in [-0.3, -0.25) is 24.0 Å². The summed E-state index contributed by atoms with van der Waals surface area (Å²) in [5, 5.41) is 13.6. The molecule has 5 rings (SSSR count). The second kappa shape index (κ2) is 9.55. The summed E-state index contributed by atoms with van der Waals surface area (Å²) in [4.78, 5) is 32.6. The van der Waals surface area contributed by atoms with E-state index in [0.29, 0.717) is 50.4 Å². The average molecular weight is 471 g/mol. The molecule has 1 aliphatic carbocycles. The van der Waals surface area contributed by atoms with Crippen molar-refractivity contribution < 1.29 is 23.8 Å². The lowest BCUT2D eigenvalue weighted by atomic mass is 9.98. The van der Waals surface area contributed by atoms with E-state index in [1.807, 2.05) is 6.08 Å². The number of morpholine rings is 1. The van der Waals surface area contributed by atoms with Crippen LogP contribution in [0, 0.1) is 0 Å². The Hall–Kier alpha value is -3.24. The number of halogens is 1. The fourth-order valence-corrected chi connectivity index (χ4v) is 4.58. The van der Waals surface area contributed by atoms with Crippen molar-refractivity contribution >= 4 is 16.9 Å². The first-order valence-corrected chi connectivity index (χ1v) is 11.5. The molecule has 1 amide bonds. The summed E-state index contributed by atoms with van der Waals surface area (Å²) in [6.45, 7) is 4.37. The highest BCUT2D eigenvalue weighted by Gasteiger charge is 2.28. The van der Waals surface area contributed by atoms with Crippen LogP contribution in [0.2, 0.25) is 0 Å². The highest BCUT2D eigenvalue weighted by molar-refractivity contribution is 6.02. The number of aromatic nitrogens is 2.